The molecular formula is C14H17N5O3. The normalized spacial score (nSPS) is 11.8. The van der Waals surface area contributed by atoms with Crippen molar-refractivity contribution in [3.63, 3.8) is 0 Å². The number of tetrazole rings is 1. The van der Waals surface area contributed by atoms with Gasteiger partial charge in [-0.3, -0.25) is 9.59 Å². The van der Waals surface area contributed by atoms with E-state index in [4.69, 9.17) is 4.74 Å². The minimum absolute atomic E-state index is 0.145. The molecule has 1 heterocycles. The number of rotatable bonds is 5. The number of esters is 1. The van der Waals surface area contributed by atoms with Crippen LogP contribution >= 0.6 is 0 Å². The van der Waals surface area contributed by atoms with Crippen LogP contribution in [-0.4, -0.2) is 38.2 Å². The SMILES string of the molecule is Cc1ccc(C)c(NC(=O)[C@@H](C)OC(=O)Cn2cnnn2)c1. The highest BCUT2D eigenvalue weighted by atomic mass is 16.5. The molecule has 1 amide bonds. The van der Waals surface area contributed by atoms with E-state index in [1.54, 1.807) is 0 Å². The molecule has 0 bridgehead atoms. The van der Waals surface area contributed by atoms with Gasteiger partial charge in [-0.25, -0.2) is 4.68 Å². The van der Waals surface area contributed by atoms with Gasteiger partial charge in [0, 0.05) is 5.69 Å². The molecule has 22 heavy (non-hydrogen) atoms. The summed E-state index contributed by atoms with van der Waals surface area (Å²) in [5, 5.41) is 13.1. The molecule has 0 saturated carbocycles. The molecule has 0 aliphatic heterocycles. The summed E-state index contributed by atoms with van der Waals surface area (Å²) in [5.74, 6) is -0.977. The van der Waals surface area contributed by atoms with Crippen LogP contribution in [0.4, 0.5) is 5.69 Å². The number of anilines is 1. The second-order valence-corrected chi connectivity index (χ2v) is 4.95. The van der Waals surface area contributed by atoms with Gasteiger partial charge in [0.15, 0.2) is 6.10 Å². The zero-order chi connectivity index (χ0) is 16.1. The highest BCUT2D eigenvalue weighted by Crippen LogP contribution is 2.16. The first kappa shape index (κ1) is 15.6. The molecule has 0 aliphatic rings. The molecular weight excluding hydrogens is 286 g/mol. The van der Waals surface area contributed by atoms with E-state index in [0.717, 1.165) is 11.1 Å². The predicted molar refractivity (Wildman–Crippen MR) is 77.9 cm³/mol. The molecule has 0 fully saturated rings. The van der Waals surface area contributed by atoms with Gasteiger partial charge in [0.2, 0.25) is 0 Å². The molecule has 1 aromatic carbocycles. The van der Waals surface area contributed by atoms with Crippen molar-refractivity contribution in [2.24, 2.45) is 0 Å². The molecule has 1 N–H and O–H groups in total. The maximum absolute atomic E-state index is 12.1. The van der Waals surface area contributed by atoms with Crippen molar-refractivity contribution >= 4 is 17.6 Å². The molecule has 1 atom stereocenters. The maximum atomic E-state index is 12.1. The van der Waals surface area contributed by atoms with Crippen LogP contribution in [0.15, 0.2) is 24.5 Å². The number of aryl methyl sites for hydroxylation is 2. The molecule has 116 valence electrons. The Morgan fingerprint density at radius 2 is 2.14 bits per heavy atom. The molecule has 8 heteroatoms. The maximum Gasteiger partial charge on any atom is 0.328 e. The van der Waals surface area contributed by atoms with Crippen LogP contribution < -0.4 is 5.32 Å². The first-order valence-electron chi connectivity index (χ1n) is 6.74. The van der Waals surface area contributed by atoms with Gasteiger partial charge in [-0.15, -0.1) is 5.10 Å². The van der Waals surface area contributed by atoms with Crippen molar-refractivity contribution < 1.29 is 14.3 Å². The van der Waals surface area contributed by atoms with Gasteiger partial charge in [-0.05, 0) is 48.4 Å². The molecule has 0 radical (unpaired) electrons. The number of carbonyl (C=O) groups is 2. The summed E-state index contributed by atoms with van der Waals surface area (Å²) < 4.78 is 6.28. The number of hydrogen-bond donors (Lipinski definition) is 1. The summed E-state index contributed by atoms with van der Waals surface area (Å²) in [6, 6.07) is 5.74. The second-order valence-electron chi connectivity index (χ2n) is 4.95. The van der Waals surface area contributed by atoms with Crippen LogP contribution in [0.25, 0.3) is 0 Å². The zero-order valence-electron chi connectivity index (χ0n) is 12.6. The molecule has 1 aromatic heterocycles. The fourth-order valence-electron chi connectivity index (χ4n) is 1.78. The Hall–Kier alpha value is -2.77. The van der Waals surface area contributed by atoms with Gasteiger partial charge in [-0.2, -0.15) is 0 Å². The Morgan fingerprint density at radius 1 is 1.36 bits per heavy atom. The first-order chi connectivity index (χ1) is 10.5. The topological polar surface area (TPSA) is 99.0 Å². The van der Waals surface area contributed by atoms with Gasteiger partial charge >= 0.3 is 5.97 Å². The Kier molecular flexibility index (Phi) is 4.82. The summed E-state index contributed by atoms with van der Waals surface area (Å²) in [6.45, 7) is 5.19. The number of amides is 1. The lowest BCUT2D eigenvalue weighted by atomic mass is 10.1. The molecule has 8 nitrogen and oxygen atoms in total. The lowest BCUT2D eigenvalue weighted by Crippen LogP contribution is -2.31. The lowest BCUT2D eigenvalue weighted by Gasteiger charge is -2.15. The van der Waals surface area contributed by atoms with E-state index in [2.05, 4.69) is 20.8 Å². The standard InChI is InChI=1S/C14H17N5O3/c1-9-4-5-10(2)12(6-9)16-14(21)11(3)22-13(20)7-19-8-15-17-18-19/h4-6,8,11H,7H2,1-3H3,(H,16,21)/t11-/m1/s1. The van der Waals surface area contributed by atoms with Gasteiger partial charge in [0.05, 0.1) is 0 Å². The molecule has 0 saturated heterocycles. The molecule has 2 rings (SSSR count). The summed E-state index contributed by atoms with van der Waals surface area (Å²) in [7, 11) is 0. The van der Waals surface area contributed by atoms with Crippen LogP contribution in [0, 0.1) is 13.8 Å². The van der Waals surface area contributed by atoms with E-state index >= 15 is 0 Å². The first-order valence-corrected chi connectivity index (χ1v) is 6.74. The number of ether oxygens (including phenoxy) is 1. The smallest absolute Gasteiger partial charge is 0.328 e. The third kappa shape index (κ3) is 4.11. The van der Waals surface area contributed by atoms with Gasteiger partial charge in [0.1, 0.15) is 12.9 Å². The minimum atomic E-state index is -0.913. The summed E-state index contributed by atoms with van der Waals surface area (Å²) >= 11 is 0. The van der Waals surface area contributed by atoms with Crippen LogP contribution in [0.3, 0.4) is 0 Å². The number of nitrogens with one attached hydrogen (secondary N) is 1. The fraction of sp³-hybridized carbons (Fsp3) is 0.357. The van der Waals surface area contributed by atoms with Crippen LogP contribution in [-0.2, 0) is 20.9 Å². The van der Waals surface area contributed by atoms with Gasteiger partial charge in [0.25, 0.3) is 5.91 Å². The third-order valence-corrected chi connectivity index (χ3v) is 3.01. The number of carbonyl (C=O) groups excluding carboxylic acids is 2. The predicted octanol–water partition coefficient (Wildman–Crippen LogP) is 0.860. The Morgan fingerprint density at radius 3 is 2.82 bits per heavy atom. The highest BCUT2D eigenvalue weighted by molar-refractivity contribution is 5.95. The number of aromatic nitrogens is 4. The largest absolute Gasteiger partial charge is 0.451 e. The molecule has 0 aliphatic carbocycles. The molecule has 0 unspecified atom stereocenters. The Balaban J connectivity index is 1.91. The van der Waals surface area contributed by atoms with Crippen LogP contribution in [0.5, 0.6) is 0 Å². The van der Waals surface area contributed by atoms with Crippen molar-refractivity contribution in [1.82, 2.24) is 20.2 Å². The third-order valence-electron chi connectivity index (χ3n) is 3.01. The van der Waals surface area contributed by atoms with Crippen molar-refractivity contribution in [2.75, 3.05) is 5.32 Å². The van der Waals surface area contributed by atoms with Crippen molar-refractivity contribution in [3.8, 4) is 0 Å². The number of benzene rings is 1. The van der Waals surface area contributed by atoms with E-state index in [9.17, 15) is 9.59 Å². The average molecular weight is 303 g/mol. The number of nitrogens with zero attached hydrogens (tertiary/aromatic N) is 4. The van der Waals surface area contributed by atoms with Crippen molar-refractivity contribution in [1.29, 1.82) is 0 Å². The summed E-state index contributed by atoms with van der Waals surface area (Å²) in [5.41, 5.74) is 2.67. The fourth-order valence-corrected chi connectivity index (χ4v) is 1.78. The van der Waals surface area contributed by atoms with E-state index in [1.165, 1.54) is 17.9 Å². The van der Waals surface area contributed by atoms with Crippen molar-refractivity contribution in [3.05, 3.63) is 35.7 Å². The van der Waals surface area contributed by atoms with E-state index < -0.39 is 18.0 Å². The average Bonchev–Trinajstić information content (AvgIpc) is 2.95. The van der Waals surface area contributed by atoms with Gasteiger partial charge < -0.3 is 10.1 Å². The van der Waals surface area contributed by atoms with Gasteiger partial charge in [-0.1, -0.05) is 12.1 Å². The summed E-state index contributed by atoms with van der Waals surface area (Å²) in [6.07, 6.45) is 0.381. The minimum Gasteiger partial charge on any atom is -0.451 e. The van der Waals surface area contributed by atoms with E-state index in [1.807, 2.05) is 32.0 Å². The molecule has 0 spiro atoms. The number of hydrogen-bond acceptors (Lipinski definition) is 6. The lowest BCUT2D eigenvalue weighted by molar-refractivity contribution is -0.153. The zero-order valence-corrected chi connectivity index (χ0v) is 12.6. The quantitative estimate of drug-likeness (QED) is 0.822. The van der Waals surface area contributed by atoms with Crippen LogP contribution in [0.1, 0.15) is 18.1 Å². The van der Waals surface area contributed by atoms with Crippen molar-refractivity contribution in [2.45, 2.75) is 33.4 Å². The monoisotopic (exact) mass is 303 g/mol. The highest BCUT2D eigenvalue weighted by Gasteiger charge is 2.19. The summed E-state index contributed by atoms with van der Waals surface area (Å²) in [4.78, 5) is 23.8. The molecule has 2 aromatic rings. The second kappa shape index (κ2) is 6.79. The van der Waals surface area contributed by atoms with Crippen LogP contribution in [0.2, 0.25) is 0 Å². The Bertz CT molecular complexity index is 669. The van der Waals surface area contributed by atoms with E-state index in [0.29, 0.717) is 5.69 Å². The Labute approximate surface area is 127 Å². The van der Waals surface area contributed by atoms with E-state index in [-0.39, 0.29) is 6.54 Å².